The predicted molar refractivity (Wildman–Crippen MR) is 108 cm³/mol. The van der Waals surface area contributed by atoms with E-state index >= 15 is 0 Å². The van der Waals surface area contributed by atoms with Gasteiger partial charge in [0.15, 0.2) is 5.78 Å². The Balaban J connectivity index is 1.55. The van der Waals surface area contributed by atoms with Crippen molar-refractivity contribution in [3.63, 3.8) is 0 Å². The van der Waals surface area contributed by atoms with Crippen molar-refractivity contribution >= 4 is 11.7 Å². The highest BCUT2D eigenvalue weighted by atomic mass is 16.5. The maximum atomic E-state index is 12.7. The Hall–Kier alpha value is -3.08. The second-order valence-corrected chi connectivity index (χ2v) is 6.78. The van der Waals surface area contributed by atoms with Crippen molar-refractivity contribution in [1.29, 1.82) is 0 Å². The number of likely N-dealkylation sites (tertiary alicyclic amines) is 1. The molecule has 0 aliphatic carbocycles. The van der Waals surface area contributed by atoms with Gasteiger partial charge in [-0.25, -0.2) is 0 Å². The standard InChI is InChI=1S/C23H25NO4/c1-3-16-28-21-10-6-19(7-11-21)23(26)24-14-12-18(13-15-24)22(25)17-4-8-20(27-2)9-5-17/h3-11,18H,1,12-16H2,2H3. The molecule has 5 nitrogen and oxygen atoms in total. The summed E-state index contributed by atoms with van der Waals surface area (Å²) in [6.45, 7) is 5.21. The molecule has 0 N–H and O–H groups in total. The molecule has 1 aliphatic rings. The van der Waals surface area contributed by atoms with Crippen molar-refractivity contribution in [3.05, 3.63) is 72.3 Å². The lowest BCUT2D eigenvalue weighted by atomic mass is 9.88. The van der Waals surface area contributed by atoms with Gasteiger partial charge < -0.3 is 14.4 Å². The maximum Gasteiger partial charge on any atom is 0.253 e. The van der Waals surface area contributed by atoms with Crippen LogP contribution in [0.5, 0.6) is 11.5 Å². The normalized spacial score (nSPS) is 14.4. The highest BCUT2D eigenvalue weighted by molar-refractivity contribution is 5.98. The molecule has 0 bridgehead atoms. The number of nitrogens with zero attached hydrogens (tertiary/aromatic N) is 1. The molecule has 1 amide bonds. The van der Waals surface area contributed by atoms with Gasteiger partial charge >= 0.3 is 0 Å². The summed E-state index contributed by atoms with van der Waals surface area (Å²) in [4.78, 5) is 27.2. The van der Waals surface area contributed by atoms with E-state index in [1.807, 2.05) is 4.90 Å². The number of hydrogen-bond donors (Lipinski definition) is 0. The smallest absolute Gasteiger partial charge is 0.253 e. The summed E-state index contributed by atoms with van der Waals surface area (Å²) in [5.41, 5.74) is 1.33. The molecule has 0 unspecified atom stereocenters. The van der Waals surface area contributed by atoms with Crippen molar-refractivity contribution in [3.8, 4) is 11.5 Å². The van der Waals surface area contributed by atoms with Gasteiger partial charge in [0.2, 0.25) is 0 Å². The Labute approximate surface area is 165 Å². The van der Waals surface area contributed by atoms with E-state index in [-0.39, 0.29) is 17.6 Å². The van der Waals surface area contributed by atoms with E-state index in [9.17, 15) is 9.59 Å². The SMILES string of the molecule is C=CCOc1ccc(C(=O)N2CCC(C(=O)c3ccc(OC)cc3)CC2)cc1. The molecule has 28 heavy (non-hydrogen) atoms. The van der Waals surface area contributed by atoms with Crippen LogP contribution in [0.15, 0.2) is 61.2 Å². The summed E-state index contributed by atoms with van der Waals surface area (Å²) in [7, 11) is 1.60. The zero-order valence-corrected chi connectivity index (χ0v) is 16.1. The van der Waals surface area contributed by atoms with Crippen LogP contribution in [0.4, 0.5) is 0 Å². The number of rotatable bonds is 7. The monoisotopic (exact) mass is 379 g/mol. The fourth-order valence-corrected chi connectivity index (χ4v) is 3.37. The third-order valence-corrected chi connectivity index (χ3v) is 5.00. The van der Waals surface area contributed by atoms with E-state index in [0.29, 0.717) is 49.4 Å². The zero-order chi connectivity index (χ0) is 19.9. The highest BCUT2D eigenvalue weighted by Crippen LogP contribution is 2.24. The minimum atomic E-state index is -0.0490. The number of methoxy groups -OCH3 is 1. The molecule has 0 spiro atoms. The van der Waals surface area contributed by atoms with Crippen LogP contribution in [0.2, 0.25) is 0 Å². The van der Waals surface area contributed by atoms with Gasteiger partial charge in [-0.1, -0.05) is 12.7 Å². The molecule has 1 saturated heterocycles. The van der Waals surface area contributed by atoms with Crippen LogP contribution in [0.25, 0.3) is 0 Å². The van der Waals surface area contributed by atoms with Gasteiger partial charge in [-0.15, -0.1) is 0 Å². The van der Waals surface area contributed by atoms with Crippen LogP contribution in [0.3, 0.4) is 0 Å². The Morgan fingerprint density at radius 3 is 2.14 bits per heavy atom. The quantitative estimate of drug-likeness (QED) is 0.539. The average Bonchev–Trinajstić information content (AvgIpc) is 2.77. The summed E-state index contributed by atoms with van der Waals surface area (Å²) in [6, 6.07) is 14.3. The van der Waals surface area contributed by atoms with Gasteiger partial charge in [0.05, 0.1) is 7.11 Å². The first kappa shape index (κ1) is 19.7. The lowest BCUT2D eigenvalue weighted by Gasteiger charge is -2.31. The molecule has 0 saturated carbocycles. The largest absolute Gasteiger partial charge is 0.497 e. The lowest BCUT2D eigenvalue weighted by molar-refractivity contribution is 0.0650. The van der Waals surface area contributed by atoms with E-state index in [0.717, 1.165) is 5.75 Å². The predicted octanol–water partition coefficient (Wildman–Crippen LogP) is 4.00. The van der Waals surface area contributed by atoms with Gasteiger partial charge in [-0.2, -0.15) is 0 Å². The van der Waals surface area contributed by atoms with Crippen LogP contribution in [-0.4, -0.2) is 43.4 Å². The fraction of sp³-hybridized carbons (Fsp3) is 0.304. The third kappa shape index (κ3) is 4.60. The molecule has 3 rings (SSSR count). The van der Waals surface area contributed by atoms with Crippen molar-refractivity contribution in [1.82, 2.24) is 4.90 Å². The number of ketones is 1. The second-order valence-electron chi connectivity index (χ2n) is 6.78. The van der Waals surface area contributed by atoms with Crippen molar-refractivity contribution in [2.24, 2.45) is 5.92 Å². The molecule has 1 heterocycles. The van der Waals surface area contributed by atoms with Gasteiger partial charge in [-0.05, 0) is 61.4 Å². The number of piperidine rings is 1. The van der Waals surface area contributed by atoms with Crippen molar-refractivity contribution in [2.75, 3.05) is 26.8 Å². The maximum absolute atomic E-state index is 12.7. The van der Waals surface area contributed by atoms with Crippen LogP contribution in [0.1, 0.15) is 33.6 Å². The molecule has 2 aromatic carbocycles. The topological polar surface area (TPSA) is 55.8 Å². The number of carbonyl (C=O) groups excluding carboxylic acids is 2. The molecule has 1 fully saturated rings. The van der Waals surface area contributed by atoms with Gasteiger partial charge in [-0.3, -0.25) is 9.59 Å². The molecule has 146 valence electrons. The lowest BCUT2D eigenvalue weighted by Crippen LogP contribution is -2.40. The van der Waals surface area contributed by atoms with E-state index in [1.165, 1.54) is 0 Å². The molecule has 2 aromatic rings. The first-order valence-electron chi connectivity index (χ1n) is 9.43. The first-order valence-corrected chi connectivity index (χ1v) is 9.43. The number of Topliss-reactive ketones (excluding diaryl/α,β-unsaturated/α-hetero) is 1. The number of benzene rings is 2. The minimum Gasteiger partial charge on any atom is -0.497 e. The van der Waals surface area contributed by atoms with E-state index in [1.54, 1.807) is 61.7 Å². The summed E-state index contributed by atoms with van der Waals surface area (Å²) in [5.74, 6) is 1.52. The van der Waals surface area contributed by atoms with Crippen LogP contribution >= 0.6 is 0 Å². The molecule has 1 aliphatic heterocycles. The third-order valence-electron chi connectivity index (χ3n) is 5.00. The molecular formula is C23H25NO4. The van der Waals surface area contributed by atoms with Crippen LogP contribution < -0.4 is 9.47 Å². The average molecular weight is 379 g/mol. The number of hydrogen-bond acceptors (Lipinski definition) is 4. The summed E-state index contributed by atoms with van der Waals surface area (Å²) >= 11 is 0. The number of ether oxygens (including phenoxy) is 2. The molecule has 0 aromatic heterocycles. The Morgan fingerprint density at radius 2 is 1.57 bits per heavy atom. The van der Waals surface area contributed by atoms with Crippen LogP contribution in [-0.2, 0) is 0 Å². The Bertz CT molecular complexity index is 819. The van der Waals surface area contributed by atoms with Crippen molar-refractivity contribution in [2.45, 2.75) is 12.8 Å². The molecule has 5 heteroatoms. The molecule has 0 atom stereocenters. The van der Waals surface area contributed by atoms with Gasteiger partial charge in [0.25, 0.3) is 5.91 Å². The van der Waals surface area contributed by atoms with Gasteiger partial charge in [0, 0.05) is 30.1 Å². The fourth-order valence-electron chi connectivity index (χ4n) is 3.37. The second kappa shape index (κ2) is 9.22. The minimum absolute atomic E-state index is 0.00869. The summed E-state index contributed by atoms with van der Waals surface area (Å²) in [6.07, 6.45) is 3.03. The first-order chi connectivity index (χ1) is 13.6. The summed E-state index contributed by atoms with van der Waals surface area (Å²) in [5, 5.41) is 0. The summed E-state index contributed by atoms with van der Waals surface area (Å²) < 4.78 is 10.6. The van der Waals surface area contributed by atoms with Crippen LogP contribution in [0, 0.1) is 5.92 Å². The van der Waals surface area contributed by atoms with E-state index < -0.39 is 0 Å². The number of amides is 1. The van der Waals surface area contributed by atoms with Crippen molar-refractivity contribution < 1.29 is 19.1 Å². The zero-order valence-electron chi connectivity index (χ0n) is 16.1. The van der Waals surface area contributed by atoms with E-state index in [4.69, 9.17) is 9.47 Å². The Kier molecular flexibility index (Phi) is 6.48. The Morgan fingerprint density at radius 1 is 1.00 bits per heavy atom. The van der Waals surface area contributed by atoms with Gasteiger partial charge in [0.1, 0.15) is 18.1 Å². The number of carbonyl (C=O) groups is 2. The molecule has 0 radical (unpaired) electrons. The highest BCUT2D eigenvalue weighted by Gasteiger charge is 2.28. The van der Waals surface area contributed by atoms with E-state index in [2.05, 4.69) is 6.58 Å². The molecular weight excluding hydrogens is 354 g/mol.